The van der Waals surface area contributed by atoms with Crippen LogP contribution in [0.5, 0.6) is 11.5 Å². The van der Waals surface area contributed by atoms with Gasteiger partial charge in [-0.3, -0.25) is 4.79 Å². The van der Waals surface area contributed by atoms with Crippen LogP contribution in [0.15, 0.2) is 18.2 Å². The first-order valence-electron chi connectivity index (χ1n) is 6.10. The van der Waals surface area contributed by atoms with Gasteiger partial charge in [0.25, 0.3) is 0 Å². The van der Waals surface area contributed by atoms with E-state index >= 15 is 0 Å². The summed E-state index contributed by atoms with van der Waals surface area (Å²) in [5.41, 5.74) is -0.319. The van der Waals surface area contributed by atoms with Crippen molar-refractivity contribution in [2.75, 3.05) is 19.5 Å². The second kappa shape index (κ2) is 5.19. The van der Waals surface area contributed by atoms with Crippen LogP contribution >= 0.6 is 0 Å². The molecule has 1 amide bonds. The number of nitriles is 1. The van der Waals surface area contributed by atoms with Crippen molar-refractivity contribution in [1.29, 1.82) is 5.26 Å². The monoisotopic (exact) mass is 260 g/mol. The maximum atomic E-state index is 12.1. The van der Waals surface area contributed by atoms with Gasteiger partial charge < -0.3 is 14.8 Å². The van der Waals surface area contributed by atoms with E-state index in [-0.39, 0.29) is 5.91 Å². The predicted molar refractivity (Wildman–Crippen MR) is 70.1 cm³/mol. The molecule has 1 fully saturated rings. The fourth-order valence-electron chi connectivity index (χ4n) is 2.06. The van der Waals surface area contributed by atoms with Gasteiger partial charge in [0.05, 0.1) is 26.0 Å². The minimum absolute atomic E-state index is 0.260. The Balaban J connectivity index is 2.19. The molecule has 1 N–H and O–H groups in total. The minimum Gasteiger partial charge on any atom is -0.497 e. The Kier molecular flexibility index (Phi) is 3.61. The average molecular weight is 260 g/mol. The minimum atomic E-state index is -0.870. The summed E-state index contributed by atoms with van der Waals surface area (Å²) < 4.78 is 10.3. The highest BCUT2D eigenvalue weighted by Crippen LogP contribution is 2.42. The molecule has 0 heterocycles. The van der Waals surface area contributed by atoms with E-state index in [9.17, 15) is 4.79 Å². The van der Waals surface area contributed by atoms with E-state index in [1.807, 2.05) is 0 Å². The molecule has 1 aliphatic carbocycles. The molecule has 100 valence electrons. The smallest absolute Gasteiger partial charge is 0.244 e. The molecular formula is C14H16N2O3. The van der Waals surface area contributed by atoms with E-state index in [2.05, 4.69) is 11.4 Å². The molecule has 0 aliphatic heterocycles. The van der Waals surface area contributed by atoms with E-state index in [0.717, 1.165) is 6.42 Å². The Morgan fingerprint density at radius 1 is 1.37 bits per heavy atom. The highest BCUT2D eigenvalue weighted by Gasteiger charge is 2.44. The number of nitrogens with zero attached hydrogens (tertiary/aromatic N) is 1. The van der Waals surface area contributed by atoms with Crippen molar-refractivity contribution in [2.45, 2.75) is 19.3 Å². The molecule has 0 saturated heterocycles. The summed E-state index contributed by atoms with van der Waals surface area (Å²) in [6, 6.07) is 7.25. The topological polar surface area (TPSA) is 71.3 Å². The maximum absolute atomic E-state index is 12.1. The van der Waals surface area contributed by atoms with Gasteiger partial charge in [0.15, 0.2) is 0 Å². The van der Waals surface area contributed by atoms with Crippen molar-refractivity contribution in [3.05, 3.63) is 18.2 Å². The third kappa shape index (κ3) is 2.34. The van der Waals surface area contributed by atoms with Crippen molar-refractivity contribution in [3.8, 4) is 17.6 Å². The summed E-state index contributed by atoms with van der Waals surface area (Å²) in [6.07, 6.45) is 2.16. The van der Waals surface area contributed by atoms with E-state index < -0.39 is 5.41 Å². The van der Waals surface area contributed by atoms with Crippen LogP contribution in [0.25, 0.3) is 0 Å². The number of benzene rings is 1. The summed E-state index contributed by atoms with van der Waals surface area (Å²) >= 11 is 0. The molecule has 5 nitrogen and oxygen atoms in total. The summed E-state index contributed by atoms with van der Waals surface area (Å²) in [4.78, 5) is 12.1. The molecular weight excluding hydrogens is 244 g/mol. The number of rotatable bonds is 4. The molecule has 1 aromatic rings. The number of hydrogen-bond acceptors (Lipinski definition) is 4. The van der Waals surface area contributed by atoms with Crippen LogP contribution in [-0.4, -0.2) is 20.1 Å². The lowest BCUT2D eigenvalue weighted by Crippen LogP contribution is -2.40. The molecule has 1 aromatic carbocycles. The molecule has 0 unspecified atom stereocenters. The molecule has 1 aliphatic rings. The Bertz CT molecular complexity index is 530. The number of methoxy groups -OCH3 is 2. The summed E-state index contributed by atoms with van der Waals surface area (Å²) in [6.45, 7) is 0. The molecule has 5 heteroatoms. The second-order valence-corrected chi connectivity index (χ2v) is 4.57. The standard InChI is InChI=1S/C14H16N2O3/c1-18-10-4-5-11(12(8-10)19-2)16-13(17)14(9-15)6-3-7-14/h4-5,8H,3,6-7H2,1-2H3,(H,16,17). The second-order valence-electron chi connectivity index (χ2n) is 4.57. The van der Waals surface area contributed by atoms with Gasteiger partial charge in [-0.1, -0.05) is 0 Å². The van der Waals surface area contributed by atoms with Crippen LogP contribution in [0.1, 0.15) is 19.3 Å². The number of ether oxygens (including phenoxy) is 2. The lowest BCUT2D eigenvalue weighted by Gasteiger charge is -2.33. The van der Waals surface area contributed by atoms with Gasteiger partial charge in [-0.05, 0) is 31.4 Å². The van der Waals surface area contributed by atoms with Crippen molar-refractivity contribution < 1.29 is 14.3 Å². The lowest BCUT2D eigenvalue weighted by atomic mass is 9.69. The number of anilines is 1. The SMILES string of the molecule is COc1ccc(NC(=O)C2(C#N)CCC2)c(OC)c1. The molecule has 0 bridgehead atoms. The fraction of sp³-hybridized carbons (Fsp3) is 0.429. The molecule has 0 radical (unpaired) electrons. The van der Waals surface area contributed by atoms with Crippen LogP contribution in [0.4, 0.5) is 5.69 Å². The normalized spacial score (nSPS) is 15.8. The zero-order valence-corrected chi connectivity index (χ0v) is 11.0. The quantitative estimate of drug-likeness (QED) is 0.901. The van der Waals surface area contributed by atoms with Crippen LogP contribution in [0.2, 0.25) is 0 Å². The van der Waals surface area contributed by atoms with E-state index in [1.165, 1.54) is 7.11 Å². The van der Waals surface area contributed by atoms with Gasteiger partial charge >= 0.3 is 0 Å². The van der Waals surface area contributed by atoms with Crippen LogP contribution in [-0.2, 0) is 4.79 Å². The Labute approximate surface area is 112 Å². The first-order valence-corrected chi connectivity index (χ1v) is 6.10. The summed E-state index contributed by atoms with van der Waals surface area (Å²) in [5.74, 6) is 0.901. The zero-order valence-electron chi connectivity index (χ0n) is 11.0. The lowest BCUT2D eigenvalue weighted by molar-refractivity contribution is -0.126. The fourth-order valence-corrected chi connectivity index (χ4v) is 2.06. The van der Waals surface area contributed by atoms with E-state index in [0.29, 0.717) is 30.0 Å². The molecule has 2 rings (SSSR count). The van der Waals surface area contributed by atoms with E-state index in [1.54, 1.807) is 25.3 Å². The first kappa shape index (κ1) is 13.2. The number of amides is 1. The van der Waals surface area contributed by atoms with Gasteiger partial charge in [-0.15, -0.1) is 0 Å². The molecule has 0 aromatic heterocycles. The zero-order chi connectivity index (χ0) is 13.9. The molecule has 1 saturated carbocycles. The van der Waals surface area contributed by atoms with Crippen molar-refractivity contribution in [1.82, 2.24) is 0 Å². The van der Waals surface area contributed by atoms with E-state index in [4.69, 9.17) is 14.7 Å². The number of carbonyl (C=O) groups excluding carboxylic acids is 1. The summed E-state index contributed by atoms with van der Waals surface area (Å²) in [7, 11) is 3.08. The molecule has 19 heavy (non-hydrogen) atoms. The molecule has 0 spiro atoms. The van der Waals surface area contributed by atoms with Gasteiger partial charge in [-0.25, -0.2) is 0 Å². The Morgan fingerprint density at radius 3 is 2.58 bits per heavy atom. The van der Waals surface area contributed by atoms with Gasteiger partial charge in [0, 0.05) is 6.07 Å². The highest BCUT2D eigenvalue weighted by molar-refractivity contribution is 5.99. The number of nitrogens with one attached hydrogen (secondary N) is 1. The largest absolute Gasteiger partial charge is 0.497 e. The third-order valence-electron chi connectivity index (χ3n) is 3.51. The van der Waals surface area contributed by atoms with Gasteiger partial charge in [-0.2, -0.15) is 5.26 Å². The third-order valence-corrected chi connectivity index (χ3v) is 3.51. The van der Waals surface area contributed by atoms with Crippen LogP contribution < -0.4 is 14.8 Å². The predicted octanol–water partition coefficient (Wildman–Crippen LogP) is 2.34. The Morgan fingerprint density at radius 2 is 2.11 bits per heavy atom. The summed E-state index contributed by atoms with van der Waals surface area (Å²) in [5, 5.41) is 11.9. The van der Waals surface area contributed by atoms with Crippen LogP contribution in [0, 0.1) is 16.7 Å². The molecule has 0 atom stereocenters. The first-order chi connectivity index (χ1) is 9.15. The number of carbonyl (C=O) groups is 1. The van der Waals surface area contributed by atoms with Crippen molar-refractivity contribution in [2.24, 2.45) is 5.41 Å². The maximum Gasteiger partial charge on any atom is 0.244 e. The van der Waals surface area contributed by atoms with Gasteiger partial charge in [0.1, 0.15) is 16.9 Å². The average Bonchev–Trinajstić information content (AvgIpc) is 2.38. The van der Waals surface area contributed by atoms with Crippen LogP contribution in [0.3, 0.4) is 0 Å². The Hall–Kier alpha value is -2.22. The van der Waals surface area contributed by atoms with Crippen molar-refractivity contribution >= 4 is 11.6 Å². The number of hydrogen-bond donors (Lipinski definition) is 1. The highest BCUT2D eigenvalue weighted by atomic mass is 16.5. The van der Waals surface area contributed by atoms with Crippen molar-refractivity contribution in [3.63, 3.8) is 0 Å². The van der Waals surface area contributed by atoms with Gasteiger partial charge in [0.2, 0.25) is 5.91 Å².